The summed E-state index contributed by atoms with van der Waals surface area (Å²) in [5.74, 6) is -0.258. The Morgan fingerprint density at radius 2 is 2.06 bits per heavy atom. The highest BCUT2D eigenvalue weighted by molar-refractivity contribution is 5.84. The number of ether oxygens (including phenoxy) is 1. The largest absolute Gasteiger partial charge is 0.468 e. The second-order valence-electron chi connectivity index (χ2n) is 3.95. The van der Waals surface area contributed by atoms with Crippen molar-refractivity contribution in [3.8, 4) is 0 Å². The van der Waals surface area contributed by atoms with Crippen molar-refractivity contribution in [1.29, 1.82) is 0 Å². The van der Waals surface area contributed by atoms with Crippen molar-refractivity contribution in [3.05, 3.63) is 35.4 Å². The van der Waals surface area contributed by atoms with E-state index in [1.165, 1.54) is 7.11 Å². The molecular weight excluding hydrogens is 202 g/mol. The molecule has 1 aromatic carbocycles. The van der Waals surface area contributed by atoms with Gasteiger partial charge in [0.05, 0.1) is 7.11 Å². The van der Waals surface area contributed by atoms with Crippen molar-refractivity contribution in [1.82, 2.24) is 0 Å². The fraction of sp³-hybridized carbons (Fsp3) is 0.462. The van der Waals surface area contributed by atoms with Gasteiger partial charge in [-0.2, -0.15) is 0 Å². The first kappa shape index (κ1) is 12.7. The number of rotatable bonds is 4. The third-order valence-electron chi connectivity index (χ3n) is 3.19. The summed E-state index contributed by atoms with van der Waals surface area (Å²) in [6.45, 7) is 4.20. The quantitative estimate of drug-likeness (QED) is 0.788. The Hall–Kier alpha value is -1.35. The van der Waals surface area contributed by atoms with E-state index < -0.39 is 5.41 Å². The number of benzene rings is 1. The van der Waals surface area contributed by atoms with Crippen molar-refractivity contribution in [2.45, 2.75) is 25.7 Å². The summed E-state index contributed by atoms with van der Waals surface area (Å²) in [7, 11) is 1.40. The van der Waals surface area contributed by atoms with Crippen LogP contribution in [0, 0.1) is 6.92 Å². The van der Waals surface area contributed by atoms with Gasteiger partial charge in [0.2, 0.25) is 0 Å². The van der Waals surface area contributed by atoms with Gasteiger partial charge >= 0.3 is 5.97 Å². The number of esters is 1. The molecule has 1 atom stereocenters. The predicted molar refractivity (Wildman–Crippen MR) is 64.2 cm³/mol. The molecule has 0 saturated carbocycles. The van der Waals surface area contributed by atoms with Gasteiger partial charge in [-0.05, 0) is 24.5 Å². The molecule has 0 heterocycles. The second-order valence-corrected chi connectivity index (χ2v) is 3.95. The molecule has 3 heteroatoms. The van der Waals surface area contributed by atoms with Crippen molar-refractivity contribution in [2.75, 3.05) is 13.7 Å². The van der Waals surface area contributed by atoms with Crippen LogP contribution in [0.25, 0.3) is 0 Å². The monoisotopic (exact) mass is 221 g/mol. The molecule has 2 N–H and O–H groups in total. The summed E-state index contributed by atoms with van der Waals surface area (Å²) in [5, 5.41) is 0. The van der Waals surface area contributed by atoms with Gasteiger partial charge in [0.15, 0.2) is 0 Å². The Morgan fingerprint density at radius 1 is 1.44 bits per heavy atom. The zero-order chi connectivity index (χ0) is 12.2. The van der Waals surface area contributed by atoms with Crippen LogP contribution in [0.1, 0.15) is 24.5 Å². The number of methoxy groups -OCH3 is 1. The highest BCUT2D eigenvalue weighted by Gasteiger charge is 2.39. The van der Waals surface area contributed by atoms with Crippen LogP contribution in [0.4, 0.5) is 0 Å². The minimum absolute atomic E-state index is 0.258. The minimum atomic E-state index is -0.708. The highest BCUT2D eigenvalue weighted by Crippen LogP contribution is 2.30. The third-order valence-corrected chi connectivity index (χ3v) is 3.19. The van der Waals surface area contributed by atoms with Gasteiger partial charge in [0.1, 0.15) is 5.41 Å². The molecule has 1 aromatic rings. The fourth-order valence-corrected chi connectivity index (χ4v) is 2.09. The van der Waals surface area contributed by atoms with E-state index in [1.54, 1.807) is 0 Å². The van der Waals surface area contributed by atoms with Gasteiger partial charge in [0.25, 0.3) is 0 Å². The normalized spacial score (nSPS) is 14.2. The lowest BCUT2D eigenvalue weighted by atomic mass is 9.76. The zero-order valence-electron chi connectivity index (χ0n) is 10.1. The number of hydrogen-bond donors (Lipinski definition) is 1. The van der Waals surface area contributed by atoms with Crippen LogP contribution >= 0.6 is 0 Å². The summed E-state index contributed by atoms with van der Waals surface area (Å²) in [6, 6.07) is 7.80. The standard InChI is InChI=1S/C13H19NO2/c1-4-13(9-14,12(15)16-3)11-8-6-5-7-10(11)2/h5-8H,4,9,14H2,1-3H3. The summed E-state index contributed by atoms with van der Waals surface area (Å²) in [6.07, 6.45) is 0.640. The van der Waals surface area contributed by atoms with Gasteiger partial charge in [-0.3, -0.25) is 4.79 Å². The SMILES string of the molecule is CCC(CN)(C(=O)OC)c1ccccc1C. The average Bonchev–Trinajstić information content (AvgIpc) is 2.33. The number of carbonyl (C=O) groups is 1. The molecule has 0 aromatic heterocycles. The van der Waals surface area contributed by atoms with Crippen LogP contribution in [-0.4, -0.2) is 19.6 Å². The van der Waals surface area contributed by atoms with Gasteiger partial charge in [-0.1, -0.05) is 31.2 Å². The molecule has 0 spiro atoms. The number of hydrogen-bond acceptors (Lipinski definition) is 3. The van der Waals surface area contributed by atoms with Crippen LogP contribution in [-0.2, 0) is 14.9 Å². The topological polar surface area (TPSA) is 52.3 Å². The lowest BCUT2D eigenvalue weighted by Gasteiger charge is -2.30. The molecule has 0 amide bonds. The Balaban J connectivity index is 3.32. The number of nitrogens with two attached hydrogens (primary N) is 1. The van der Waals surface area contributed by atoms with Crippen molar-refractivity contribution in [2.24, 2.45) is 5.73 Å². The molecule has 0 radical (unpaired) electrons. The van der Waals surface area contributed by atoms with E-state index in [9.17, 15) is 4.79 Å². The van der Waals surface area contributed by atoms with Gasteiger partial charge in [-0.15, -0.1) is 0 Å². The Morgan fingerprint density at radius 3 is 2.50 bits per heavy atom. The van der Waals surface area contributed by atoms with Gasteiger partial charge in [-0.25, -0.2) is 0 Å². The van der Waals surface area contributed by atoms with Gasteiger partial charge < -0.3 is 10.5 Å². The lowest BCUT2D eigenvalue weighted by molar-refractivity contribution is -0.147. The zero-order valence-corrected chi connectivity index (χ0v) is 10.1. The molecule has 16 heavy (non-hydrogen) atoms. The molecule has 1 rings (SSSR count). The Labute approximate surface area is 96.6 Å². The maximum atomic E-state index is 11.9. The van der Waals surface area contributed by atoms with Crippen LogP contribution in [0.5, 0.6) is 0 Å². The molecule has 0 aliphatic heterocycles. The molecule has 3 nitrogen and oxygen atoms in total. The van der Waals surface area contributed by atoms with Crippen LogP contribution in [0.2, 0.25) is 0 Å². The Kier molecular flexibility index (Phi) is 4.07. The number of aryl methyl sites for hydroxylation is 1. The summed E-state index contributed by atoms with van der Waals surface area (Å²) >= 11 is 0. The van der Waals surface area contributed by atoms with E-state index in [-0.39, 0.29) is 12.5 Å². The number of carbonyl (C=O) groups excluding carboxylic acids is 1. The summed E-state index contributed by atoms with van der Waals surface area (Å²) in [4.78, 5) is 11.9. The first-order valence-corrected chi connectivity index (χ1v) is 5.47. The van der Waals surface area contributed by atoms with Crippen molar-refractivity contribution in [3.63, 3.8) is 0 Å². The van der Waals surface area contributed by atoms with E-state index >= 15 is 0 Å². The Bertz CT molecular complexity index is 370. The van der Waals surface area contributed by atoms with E-state index in [0.29, 0.717) is 6.42 Å². The predicted octanol–water partition coefficient (Wildman–Crippen LogP) is 1.77. The fourth-order valence-electron chi connectivity index (χ4n) is 2.09. The second kappa shape index (κ2) is 5.12. The maximum absolute atomic E-state index is 11.9. The first-order chi connectivity index (χ1) is 7.62. The van der Waals surface area contributed by atoms with E-state index in [1.807, 2.05) is 38.1 Å². The molecular formula is C13H19NO2. The minimum Gasteiger partial charge on any atom is -0.468 e. The summed E-state index contributed by atoms with van der Waals surface area (Å²) in [5.41, 5.74) is 7.12. The summed E-state index contributed by atoms with van der Waals surface area (Å²) < 4.78 is 4.89. The van der Waals surface area contributed by atoms with Crippen LogP contribution < -0.4 is 5.73 Å². The van der Waals surface area contributed by atoms with Gasteiger partial charge in [0, 0.05) is 6.54 Å². The van der Waals surface area contributed by atoms with Crippen molar-refractivity contribution < 1.29 is 9.53 Å². The molecule has 0 fully saturated rings. The first-order valence-electron chi connectivity index (χ1n) is 5.47. The molecule has 1 unspecified atom stereocenters. The van der Waals surface area contributed by atoms with Crippen LogP contribution in [0.3, 0.4) is 0 Å². The smallest absolute Gasteiger partial charge is 0.317 e. The van der Waals surface area contributed by atoms with Crippen LogP contribution in [0.15, 0.2) is 24.3 Å². The van der Waals surface area contributed by atoms with E-state index in [0.717, 1.165) is 11.1 Å². The maximum Gasteiger partial charge on any atom is 0.317 e. The van der Waals surface area contributed by atoms with E-state index in [4.69, 9.17) is 10.5 Å². The highest BCUT2D eigenvalue weighted by atomic mass is 16.5. The molecule has 0 aliphatic carbocycles. The third kappa shape index (κ3) is 1.95. The average molecular weight is 221 g/mol. The molecule has 88 valence electrons. The lowest BCUT2D eigenvalue weighted by Crippen LogP contribution is -2.43. The molecule has 0 bridgehead atoms. The molecule has 0 aliphatic rings. The molecule has 0 saturated heterocycles. The van der Waals surface area contributed by atoms with Crippen molar-refractivity contribution >= 4 is 5.97 Å². The van der Waals surface area contributed by atoms with E-state index in [2.05, 4.69) is 0 Å².